The summed E-state index contributed by atoms with van der Waals surface area (Å²) in [7, 11) is -3.33. The summed E-state index contributed by atoms with van der Waals surface area (Å²) in [6.07, 6.45) is 1.08. The maximum Gasteiger partial charge on any atom is 0.338 e. The van der Waals surface area contributed by atoms with Gasteiger partial charge in [-0.1, -0.05) is 0 Å². The molecule has 2 N–H and O–H groups in total. The molecule has 1 aromatic heterocycles. The number of carbonyl (C=O) groups is 2. The lowest BCUT2D eigenvalue weighted by molar-refractivity contribution is 0.0697. The molecule has 0 unspecified atom stereocenters. The predicted octanol–water partition coefficient (Wildman–Crippen LogP) is 2.72. The molecule has 0 saturated heterocycles. The number of carbonyl (C=O) groups excluding carboxylic acids is 1. The van der Waals surface area contributed by atoms with Crippen LogP contribution in [0.4, 0.5) is 5.00 Å². The van der Waals surface area contributed by atoms with Crippen LogP contribution in [0.5, 0.6) is 0 Å². The van der Waals surface area contributed by atoms with Crippen molar-refractivity contribution in [1.82, 2.24) is 0 Å². The molecule has 2 rings (SSSR count). The van der Waals surface area contributed by atoms with Gasteiger partial charge in [0.25, 0.3) is 5.91 Å². The van der Waals surface area contributed by atoms with E-state index in [1.165, 1.54) is 35.6 Å². The van der Waals surface area contributed by atoms with E-state index in [4.69, 9.17) is 0 Å². The Balaban J connectivity index is 2.30. The first-order chi connectivity index (χ1) is 10.6. The molecular formula is C15H15NO5S2. The van der Waals surface area contributed by atoms with Crippen molar-refractivity contribution in [2.24, 2.45) is 0 Å². The van der Waals surface area contributed by atoms with Crippen molar-refractivity contribution in [1.29, 1.82) is 0 Å². The Labute approximate surface area is 137 Å². The molecule has 122 valence electrons. The van der Waals surface area contributed by atoms with Gasteiger partial charge in [0, 0.05) is 16.7 Å². The van der Waals surface area contributed by atoms with Gasteiger partial charge in [-0.05, 0) is 43.7 Å². The van der Waals surface area contributed by atoms with Crippen molar-refractivity contribution in [2.75, 3.05) is 11.6 Å². The zero-order valence-corrected chi connectivity index (χ0v) is 14.3. The topological polar surface area (TPSA) is 101 Å². The van der Waals surface area contributed by atoms with Gasteiger partial charge in [0.1, 0.15) is 5.00 Å². The number of hydrogen-bond donors (Lipinski definition) is 2. The standard InChI is InChI=1S/C15H15NO5S2/c1-8-9(2)22-14(12(8)15(18)19)16-13(17)10-4-6-11(7-5-10)23(3,20)21/h4-7H,1-3H3,(H,16,17)(H,18,19). The molecule has 23 heavy (non-hydrogen) atoms. The number of thiophene rings is 1. The summed E-state index contributed by atoms with van der Waals surface area (Å²) in [4.78, 5) is 24.5. The fourth-order valence-corrected chi connectivity index (χ4v) is 3.68. The molecule has 0 fully saturated rings. The molecule has 0 radical (unpaired) electrons. The molecule has 6 nitrogen and oxygen atoms in total. The number of amides is 1. The summed E-state index contributed by atoms with van der Waals surface area (Å²) in [5.41, 5.74) is 0.941. The second-order valence-corrected chi connectivity index (χ2v) is 8.28. The van der Waals surface area contributed by atoms with Gasteiger partial charge in [0.2, 0.25) is 0 Å². The quantitative estimate of drug-likeness (QED) is 0.880. The Morgan fingerprint density at radius 3 is 2.17 bits per heavy atom. The lowest BCUT2D eigenvalue weighted by Crippen LogP contribution is -2.13. The number of sulfone groups is 1. The maximum atomic E-state index is 12.2. The van der Waals surface area contributed by atoms with Gasteiger partial charge in [-0.2, -0.15) is 0 Å². The summed E-state index contributed by atoms with van der Waals surface area (Å²) in [5, 5.41) is 12.1. The summed E-state index contributed by atoms with van der Waals surface area (Å²) in [6, 6.07) is 5.46. The minimum absolute atomic E-state index is 0.0774. The van der Waals surface area contributed by atoms with Crippen LogP contribution in [0.25, 0.3) is 0 Å². The average molecular weight is 353 g/mol. The number of benzene rings is 1. The molecule has 1 heterocycles. The number of carboxylic acid groups (broad SMARTS) is 1. The Morgan fingerprint density at radius 2 is 1.70 bits per heavy atom. The first-order valence-electron chi connectivity index (χ1n) is 6.56. The zero-order chi connectivity index (χ0) is 17.4. The Bertz CT molecular complexity index is 879. The first kappa shape index (κ1) is 17.2. The summed E-state index contributed by atoms with van der Waals surface area (Å²) >= 11 is 1.19. The molecule has 0 aliphatic heterocycles. The molecule has 0 aliphatic carbocycles. The number of aromatic carboxylic acids is 1. The number of hydrogen-bond acceptors (Lipinski definition) is 5. The van der Waals surface area contributed by atoms with E-state index in [2.05, 4.69) is 5.32 Å². The number of rotatable bonds is 4. The SMILES string of the molecule is Cc1sc(NC(=O)c2ccc(S(C)(=O)=O)cc2)c(C(=O)O)c1C. The van der Waals surface area contributed by atoms with Crippen LogP contribution in [0.2, 0.25) is 0 Å². The molecule has 8 heteroatoms. The van der Waals surface area contributed by atoms with Gasteiger partial charge < -0.3 is 10.4 Å². The molecular weight excluding hydrogens is 338 g/mol. The van der Waals surface area contributed by atoms with Crippen LogP contribution in [0.3, 0.4) is 0 Å². The third-order valence-electron chi connectivity index (χ3n) is 3.37. The van der Waals surface area contributed by atoms with Crippen LogP contribution in [0.1, 0.15) is 31.2 Å². The van der Waals surface area contributed by atoms with E-state index >= 15 is 0 Å². The average Bonchev–Trinajstić information content (AvgIpc) is 2.73. The van der Waals surface area contributed by atoms with E-state index in [0.29, 0.717) is 5.56 Å². The van der Waals surface area contributed by atoms with E-state index in [9.17, 15) is 23.1 Å². The first-order valence-corrected chi connectivity index (χ1v) is 9.27. The van der Waals surface area contributed by atoms with Crippen LogP contribution in [0, 0.1) is 13.8 Å². The second-order valence-electron chi connectivity index (χ2n) is 5.04. The van der Waals surface area contributed by atoms with E-state index in [0.717, 1.165) is 11.1 Å². The number of nitrogens with one attached hydrogen (secondary N) is 1. The molecule has 0 spiro atoms. The third kappa shape index (κ3) is 3.59. The molecule has 1 amide bonds. The normalized spacial score (nSPS) is 11.3. The van der Waals surface area contributed by atoms with E-state index in [1.807, 2.05) is 0 Å². The van der Waals surface area contributed by atoms with Gasteiger partial charge in [-0.3, -0.25) is 4.79 Å². The van der Waals surface area contributed by atoms with Crippen LogP contribution in [-0.4, -0.2) is 31.7 Å². The van der Waals surface area contributed by atoms with Crippen molar-refractivity contribution >= 4 is 38.1 Å². The zero-order valence-electron chi connectivity index (χ0n) is 12.7. The van der Waals surface area contributed by atoms with Crippen molar-refractivity contribution in [3.05, 3.63) is 45.8 Å². The van der Waals surface area contributed by atoms with Crippen molar-refractivity contribution in [3.8, 4) is 0 Å². The fraction of sp³-hybridized carbons (Fsp3) is 0.200. The van der Waals surface area contributed by atoms with Crippen molar-refractivity contribution < 1.29 is 23.1 Å². The van der Waals surface area contributed by atoms with Crippen LogP contribution >= 0.6 is 11.3 Å². The van der Waals surface area contributed by atoms with Crippen LogP contribution in [-0.2, 0) is 9.84 Å². The summed E-state index contributed by atoms with van der Waals surface area (Å²) in [6.45, 7) is 3.47. The lowest BCUT2D eigenvalue weighted by Gasteiger charge is -2.05. The third-order valence-corrected chi connectivity index (χ3v) is 5.62. The molecule has 0 saturated carbocycles. The highest BCUT2D eigenvalue weighted by Gasteiger charge is 2.21. The molecule has 0 bridgehead atoms. The van der Waals surface area contributed by atoms with E-state index < -0.39 is 21.7 Å². The van der Waals surface area contributed by atoms with Crippen molar-refractivity contribution in [3.63, 3.8) is 0 Å². The minimum Gasteiger partial charge on any atom is -0.478 e. The van der Waals surface area contributed by atoms with Gasteiger partial charge in [-0.25, -0.2) is 13.2 Å². The summed E-state index contributed by atoms with van der Waals surface area (Å²) < 4.78 is 22.8. The maximum absolute atomic E-state index is 12.2. The number of carboxylic acids is 1. The second kappa shape index (κ2) is 6.13. The lowest BCUT2D eigenvalue weighted by atomic mass is 10.1. The van der Waals surface area contributed by atoms with Gasteiger partial charge in [0.15, 0.2) is 9.84 Å². The molecule has 1 aromatic carbocycles. The Kier molecular flexibility index (Phi) is 4.58. The van der Waals surface area contributed by atoms with Gasteiger partial charge >= 0.3 is 5.97 Å². The largest absolute Gasteiger partial charge is 0.478 e. The highest BCUT2D eigenvalue weighted by Crippen LogP contribution is 2.32. The van der Waals surface area contributed by atoms with Gasteiger partial charge in [-0.15, -0.1) is 11.3 Å². The molecule has 2 aromatic rings. The Morgan fingerprint density at radius 1 is 1.13 bits per heavy atom. The number of aryl methyl sites for hydroxylation is 1. The predicted molar refractivity (Wildman–Crippen MR) is 88.3 cm³/mol. The fourth-order valence-electron chi connectivity index (χ4n) is 2.00. The highest BCUT2D eigenvalue weighted by atomic mass is 32.2. The molecule has 0 aliphatic rings. The Hall–Kier alpha value is -2.19. The van der Waals surface area contributed by atoms with Crippen LogP contribution in [0.15, 0.2) is 29.2 Å². The highest BCUT2D eigenvalue weighted by molar-refractivity contribution is 7.90. The number of anilines is 1. The summed E-state index contributed by atoms with van der Waals surface area (Å²) in [5.74, 6) is -1.59. The smallest absolute Gasteiger partial charge is 0.338 e. The minimum atomic E-state index is -3.33. The monoisotopic (exact) mass is 353 g/mol. The van der Waals surface area contributed by atoms with Crippen molar-refractivity contribution in [2.45, 2.75) is 18.7 Å². The van der Waals surface area contributed by atoms with E-state index in [1.54, 1.807) is 13.8 Å². The van der Waals surface area contributed by atoms with E-state index in [-0.39, 0.29) is 21.0 Å². The molecule has 0 atom stereocenters. The van der Waals surface area contributed by atoms with Gasteiger partial charge in [0.05, 0.1) is 10.5 Å². The van der Waals surface area contributed by atoms with Crippen LogP contribution < -0.4 is 5.32 Å².